The van der Waals surface area contributed by atoms with Crippen LogP contribution in [0.4, 0.5) is 10.5 Å². The summed E-state index contributed by atoms with van der Waals surface area (Å²) in [6.45, 7) is 7.15. The number of para-hydroxylation sites is 2. The molecule has 3 aromatic rings. The standard InChI is InChI=1S/C21H26N6O/c1-15-14-17(8-9-22-15)26-10-5-11-27(13-12-26)21(28)23-16(2)20-24-18-6-3-4-7-19(18)25-20/h3-4,6-9,14,16H,5,10-13H2,1-2H3,(H,23,28)(H,24,25)/t16-/m1/s1. The van der Waals surface area contributed by atoms with E-state index in [4.69, 9.17) is 0 Å². The van der Waals surface area contributed by atoms with E-state index in [-0.39, 0.29) is 12.1 Å². The first-order valence-corrected chi connectivity index (χ1v) is 9.78. The number of nitrogens with one attached hydrogen (secondary N) is 2. The molecule has 0 unspecified atom stereocenters. The molecular weight excluding hydrogens is 352 g/mol. The van der Waals surface area contributed by atoms with Crippen LogP contribution in [-0.4, -0.2) is 52.1 Å². The van der Waals surface area contributed by atoms with E-state index in [9.17, 15) is 4.79 Å². The minimum atomic E-state index is -0.179. The Bertz CT molecular complexity index is 935. The van der Waals surface area contributed by atoms with Crippen LogP contribution >= 0.6 is 0 Å². The summed E-state index contributed by atoms with van der Waals surface area (Å²) >= 11 is 0. The summed E-state index contributed by atoms with van der Waals surface area (Å²) in [4.78, 5) is 29.2. The average molecular weight is 378 g/mol. The summed E-state index contributed by atoms with van der Waals surface area (Å²) in [6, 6.07) is 11.8. The van der Waals surface area contributed by atoms with Crippen molar-refractivity contribution in [3.05, 3.63) is 54.1 Å². The van der Waals surface area contributed by atoms with Crippen molar-refractivity contribution in [1.82, 2.24) is 25.2 Å². The Labute approximate surface area is 164 Å². The number of imidazole rings is 1. The third-order valence-electron chi connectivity index (χ3n) is 5.19. The van der Waals surface area contributed by atoms with Crippen LogP contribution < -0.4 is 10.2 Å². The zero-order valence-electron chi connectivity index (χ0n) is 16.4. The number of aryl methyl sites for hydroxylation is 1. The highest BCUT2D eigenvalue weighted by molar-refractivity contribution is 5.76. The molecule has 2 aromatic heterocycles. The summed E-state index contributed by atoms with van der Waals surface area (Å²) in [5.74, 6) is 0.776. The van der Waals surface area contributed by atoms with Gasteiger partial charge in [0.05, 0.1) is 17.1 Å². The van der Waals surface area contributed by atoms with Gasteiger partial charge in [0, 0.05) is 43.8 Å². The largest absolute Gasteiger partial charge is 0.370 e. The number of aromatic amines is 1. The van der Waals surface area contributed by atoms with Crippen LogP contribution in [0, 0.1) is 6.92 Å². The highest BCUT2D eigenvalue weighted by Crippen LogP contribution is 2.18. The molecule has 1 aliphatic heterocycles. The maximum absolute atomic E-state index is 12.8. The molecule has 0 spiro atoms. The first-order chi connectivity index (χ1) is 13.6. The van der Waals surface area contributed by atoms with E-state index >= 15 is 0 Å². The second kappa shape index (κ2) is 7.88. The van der Waals surface area contributed by atoms with Gasteiger partial charge in [0.15, 0.2) is 0 Å². The van der Waals surface area contributed by atoms with Gasteiger partial charge in [-0.25, -0.2) is 9.78 Å². The van der Waals surface area contributed by atoms with Gasteiger partial charge in [-0.1, -0.05) is 12.1 Å². The van der Waals surface area contributed by atoms with Crippen LogP contribution in [0.25, 0.3) is 11.0 Å². The highest BCUT2D eigenvalue weighted by Gasteiger charge is 2.22. The lowest BCUT2D eigenvalue weighted by Crippen LogP contribution is -2.43. The maximum atomic E-state index is 12.8. The minimum Gasteiger partial charge on any atom is -0.370 e. The molecule has 28 heavy (non-hydrogen) atoms. The van der Waals surface area contributed by atoms with E-state index in [1.807, 2.05) is 55.3 Å². The molecule has 1 fully saturated rings. The zero-order chi connectivity index (χ0) is 19.5. The van der Waals surface area contributed by atoms with E-state index in [0.29, 0.717) is 6.54 Å². The Morgan fingerprint density at radius 3 is 2.86 bits per heavy atom. The van der Waals surface area contributed by atoms with Crippen molar-refractivity contribution < 1.29 is 4.79 Å². The van der Waals surface area contributed by atoms with Gasteiger partial charge in [0.1, 0.15) is 5.82 Å². The Morgan fingerprint density at radius 2 is 2.04 bits per heavy atom. The van der Waals surface area contributed by atoms with Gasteiger partial charge in [0.2, 0.25) is 0 Å². The molecule has 4 rings (SSSR count). The predicted octanol–water partition coefficient (Wildman–Crippen LogP) is 3.25. The number of H-pyrrole nitrogens is 1. The molecule has 1 atom stereocenters. The summed E-state index contributed by atoms with van der Waals surface area (Å²) in [6.07, 6.45) is 2.78. The minimum absolute atomic E-state index is 0.0410. The van der Waals surface area contributed by atoms with Crippen LogP contribution in [0.3, 0.4) is 0 Å². The molecule has 7 nitrogen and oxygen atoms in total. The number of urea groups is 1. The Balaban J connectivity index is 1.38. The summed E-state index contributed by atoms with van der Waals surface area (Å²) in [7, 11) is 0. The number of rotatable bonds is 3. The molecule has 1 aromatic carbocycles. The first kappa shape index (κ1) is 18.3. The van der Waals surface area contributed by atoms with E-state index in [2.05, 4.69) is 31.2 Å². The molecule has 2 amide bonds. The SMILES string of the molecule is Cc1cc(N2CCCN(C(=O)N[C@H](C)c3nc4ccccc4[nH]3)CC2)ccn1. The van der Waals surface area contributed by atoms with Gasteiger partial charge in [-0.15, -0.1) is 0 Å². The maximum Gasteiger partial charge on any atom is 0.318 e. The first-order valence-electron chi connectivity index (χ1n) is 9.78. The molecule has 2 N–H and O–H groups in total. The third-order valence-corrected chi connectivity index (χ3v) is 5.19. The Morgan fingerprint density at radius 1 is 1.18 bits per heavy atom. The van der Waals surface area contributed by atoms with E-state index < -0.39 is 0 Å². The average Bonchev–Trinajstić information content (AvgIpc) is 2.97. The number of hydrogen-bond donors (Lipinski definition) is 2. The van der Waals surface area contributed by atoms with Crippen molar-refractivity contribution in [2.75, 3.05) is 31.1 Å². The molecular formula is C21H26N6O. The monoisotopic (exact) mass is 378 g/mol. The zero-order valence-corrected chi connectivity index (χ0v) is 16.4. The number of fused-ring (bicyclic) bond motifs is 1. The van der Waals surface area contributed by atoms with Crippen LogP contribution in [0.15, 0.2) is 42.6 Å². The van der Waals surface area contributed by atoms with Gasteiger partial charge in [-0.2, -0.15) is 0 Å². The summed E-state index contributed by atoms with van der Waals surface area (Å²) in [5.41, 5.74) is 4.08. The predicted molar refractivity (Wildman–Crippen MR) is 110 cm³/mol. The number of nitrogens with zero attached hydrogens (tertiary/aromatic N) is 4. The molecule has 3 heterocycles. The van der Waals surface area contributed by atoms with Crippen molar-refractivity contribution in [2.24, 2.45) is 0 Å². The molecule has 0 radical (unpaired) electrons. The number of carbonyl (C=O) groups is 1. The Hall–Kier alpha value is -3.09. The van der Waals surface area contributed by atoms with Crippen molar-refractivity contribution in [3.63, 3.8) is 0 Å². The lowest BCUT2D eigenvalue weighted by atomic mass is 10.3. The number of anilines is 1. The molecule has 7 heteroatoms. The van der Waals surface area contributed by atoms with E-state index in [1.54, 1.807) is 0 Å². The Kier molecular flexibility index (Phi) is 5.14. The topological polar surface area (TPSA) is 77.1 Å². The lowest BCUT2D eigenvalue weighted by Gasteiger charge is -2.25. The highest BCUT2D eigenvalue weighted by atomic mass is 16.2. The fourth-order valence-corrected chi connectivity index (χ4v) is 3.63. The van der Waals surface area contributed by atoms with Gasteiger partial charge in [-0.05, 0) is 44.5 Å². The molecule has 1 saturated heterocycles. The van der Waals surface area contributed by atoms with E-state index in [0.717, 1.165) is 48.6 Å². The summed E-state index contributed by atoms with van der Waals surface area (Å²) in [5, 5.41) is 3.08. The van der Waals surface area contributed by atoms with Gasteiger partial charge in [0.25, 0.3) is 0 Å². The van der Waals surface area contributed by atoms with Crippen LogP contribution in [-0.2, 0) is 0 Å². The number of aromatic nitrogens is 3. The molecule has 146 valence electrons. The second-order valence-electron chi connectivity index (χ2n) is 7.29. The molecule has 1 aliphatic rings. The number of benzene rings is 1. The lowest BCUT2D eigenvalue weighted by molar-refractivity contribution is 0.197. The second-order valence-corrected chi connectivity index (χ2v) is 7.29. The van der Waals surface area contributed by atoms with Crippen LogP contribution in [0.2, 0.25) is 0 Å². The van der Waals surface area contributed by atoms with Gasteiger partial charge >= 0.3 is 6.03 Å². The molecule has 0 aliphatic carbocycles. The summed E-state index contributed by atoms with van der Waals surface area (Å²) < 4.78 is 0. The molecule has 0 saturated carbocycles. The number of hydrogen-bond acceptors (Lipinski definition) is 4. The smallest absolute Gasteiger partial charge is 0.318 e. The third kappa shape index (κ3) is 3.93. The number of carbonyl (C=O) groups excluding carboxylic acids is 1. The quantitative estimate of drug-likeness (QED) is 0.733. The van der Waals surface area contributed by atoms with Crippen molar-refractivity contribution in [2.45, 2.75) is 26.3 Å². The molecule has 0 bridgehead atoms. The van der Waals surface area contributed by atoms with Crippen molar-refractivity contribution in [1.29, 1.82) is 0 Å². The van der Waals surface area contributed by atoms with E-state index in [1.165, 1.54) is 5.69 Å². The van der Waals surface area contributed by atoms with Crippen LogP contribution in [0.5, 0.6) is 0 Å². The van der Waals surface area contributed by atoms with Gasteiger partial charge < -0.3 is 20.1 Å². The van der Waals surface area contributed by atoms with Crippen molar-refractivity contribution in [3.8, 4) is 0 Å². The van der Waals surface area contributed by atoms with Crippen LogP contribution in [0.1, 0.15) is 30.9 Å². The fourth-order valence-electron chi connectivity index (χ4n) is 3.63. The normalized spacial score (nSPS) is 16.1. The fraction of sp³-hybridized carbons (Fsp3) is 0.381. The number of amides is 2. The van der Waals surface area contributed by atoms with Crippen molar-refractivity contribution >= 4 is 22.8 Å². The van der Waals surface area contributed by atoms with Gasteiger partial charge in [-0.3, -0.25) is 4.98 Å². The number of pyridine rings is 1.